The molecule has 0 aliphatic heterocycles. The molecule has 0 atom stereocenters. The number of benzene rings is 3. The minimum atomic E-state index is 0.370. The third-order valence-corrected chi connectivity index (χ3v) is 5.06. The van der Waals surface area contributed by atoms with Crippen molar-refractivity contribution in [1.82, 2.24) is 5.32 Å². The first-order valence-corrected chi connectivity index (χ1v) is 9.82. The predicted molar refractivity (Wildman–Crippen MR) is 119 cm³/mol. The Labute approximate surface area is 176 Å². The molecule has 0 heterocycles. The molecule has 0 fully saturated rings. The molecule has 144 valence electrons. The van der Waals surface area contributed by atoms with Gasteiger partial charge in [-0.25, -0.2) is 0 Å². The van der Waals surface area contributed by atoms with Crippen molar-refractivity contribution in [2.75, 3.05) is 13.7 Å². The first-order chi connectivity index (χ1) is 13.7. The van der Waals surface area contributed by atoms with Crippen molar-refractivity contribution >= 4 is 28.8 Å². The molecule has 0 radical (unpaired) electrons. The van der Waals surface area contributed by atoms with Crippen LogP contribution in [0.3, 0.4) is 0 Å². The van der Waals surface area contributed by atoms with Crippen LogP contribution in [0.5, 0.6) is 11.5 Å². The van der Waals surface area contributed by atoms with Gasteiger partial charge in [-0.15, -0.1) is 0 Å². The van der Waals surface area contributed by atoms with Crippen LogP contribution in [0.1, 0.15) is 16.7 Å². The number of ether oxygens (including phenoxy) is 2. The molecule has 1 N–H and O–H groups in total. The monoisotopic (exact) mass is 411 g/mol. The number of nitrogens with one attached hydrogen (secondary N) is 1. The van der Waals surface area contributed by atoms with Crippen molar-refractivity contribution in [3.8, 4) is 11.5 Å². The van der Waals surface area contributed by atoms with Gasteiger partial charge in [0.15, 0.2) is 11.5 Å². The third kappa shape index (κ3) is 5.47. The van der Waals surface area contributed by atoms with Crippen LogP contribution in [-0.2, 0) is 13.0 Å². The van der Waals surface area contributed by atoms with Crippen LogP contribution in [0, 0.1) is 0 Å². The lowest BCUT2D eigenvalue weighted by Gasteiger charge is -2.14. The summed E-state index contributed by atoms with van der Waals surface area (Å²) in [5.74, 6) is 1.29. The number of hydrogen-bond acceptors (Lipinski definition) is 3. The predicted octanol–water partition coefficient (Wildman–Crippen LogP) is 5.44. The summed E-state index contributed by atoms with van der Waals surface area (Å²) in [6, 6.07) is 23.6. The fraction of sp³-hybridized carbons (Fsp3) is 0.174. The van der Waals surface area contributed by atoms with Crippen molar-refractivity contribution in [3.05, 3.63) is 94.5 Å². The zero-order valence-electron chi connectivity index (χ0n) is 15.7. The molecule has 0 bridgehead atoms. The number of rotatable bonds is 8. The van der Waals surface area contributed by atoms with Crippen molar-refractivity contribution < 1.29 is 9.47 Å². The average Bonchev–Trinajstić information content (AvgIpc) is 2.73. The van der Waals surface area contributed by atoms with Crippen LogP contribution in [-0.4, -0.2) is 18.6 Å². The summed E-state index contributed by atoms with van der Waals surface area (Å²) >= 11 is 11.7. The summed E-state index contributed by atoms with van der Waals surface area (Å²) in [4.78, 5) is 0.687. The van der Waals surface area contributed by atoms with Gasteiger partial charge >= 0.3 is 0 Å². The smallest absolute Gasteiger partial charge is 0.161 e. The van der Waals surface area contributed by atoms with Crippen molar-refractivity contribution in [2.45, 2.75) is 13.0 Å². The van der Waals surface area contributed by atoms with Crippen LogP contribution in [0.25, 0.3) is 0 Å². The molecule has 3 rings (SSSR count). The van der Waals surface area contributed by atoms with Gasteiger partial charge in [-0.1, -0.05) is 72.3 Å². The van der Waals surface area contributed by atoms with E-state index in [-0.39, 0.29) is 0 Å². The second-order valence-corrected chi connectivity index (χ2v) is 7.05. The van der Waals surface area contributed by atoms with Gasteiger partial charge in [0.1, 0.15) is 11.6 Å². The molecular weight excluding hydrogens is 390 g/mol. The highest BCUT2D eigenvalue weighted by Crippen LogP contribution is 2.29. The minimum absolute atomic E-state index is 0.370. The zero-order chi connectivity index (χ0) is 19.8. The normalized spacial score (nSPS) is 10.4. The van der Waals surface area contributed by atoms with Crippen LogP contribution in [0.4, 0.5) is 0 Å². The van der Waals surface area contributed by atoms with Gasteiger partial charge in [0.05, 0.1) is 7.11 Å². The Morgan fingerprint density at radius 1 is 0.964 bits per heavy atom. The second-order valence-electron chi connectivity index (χ2n) is 6.24. The first-order valence-electron chi connectivity index (χ1n) is 9.04. The van der Waals surface area contributed by atoms with E-state index in [9.17, 15) is 0 Å². The van der Waals surface area contributed by atoms with Gasteiger partial charge < -0.3 is 14.8 Å². The van der Waals surface area contributed by atoms with Gasteiger partial charge in [0.25, 0.3) is 0 Å². The summed E-state index contributed by atoms with van der Waals surface area (Å²) in [5, 5.41) is 3.98. The lowest BCUT2D eigenvalue weighted by molar-refractivity contribution is 0.284. The molecule has 0 amide bonds. The Hall–Kier alpha value is -2.56. The molecule has 0 saturated carbocycles. The van der Waals surface area contributed by atoms with E-state index in [1.165, 1.54) is 5.56 Å². The molecule has 0 aliphatic carbocycles. The Kier molecular flexibility index (Phi) is 7.29. The molecule has 5 heteroatoms. The molecule has 0 aliphatic rings. The average molecular weight is 412 g/mol. The number of hydrogen-bond donors (Lipinski definition) is 1. The molecule has 0 aromatic heterocycles. The van der Waals surface area contributed by atoms with Crippen molar-refractivity contribution in [2.24, 2.45) is 0 Å². The first kappa shape index (κ1) is 20.2. The fourth-order valence-corrected chi connectivity index (χ4v) is 3.19. The Bertz CT molecular complexity index is 931. The Morgan fingerprint density at radius 3 is 2.46 bits per heavy atom. The maximum absolute atomic E-state index is 6.19. The zero-order valence-corrected chi connectivity index (χ0v) is 17.2. The van der Waals surface area contributed by atoms with Crippen LogP contribution < -0.4 is 14.8 Å². The van der Waals surface area contributed by atoms with Gasteiger partial charge in [0, 0.05) is 22.7 Å². The van der Waals surface area contributed by atoms with E-state index in [4.69, 9.17) is 33.3 Å². The van der Waals surface area contributed by atoms with E-state index >= 15 is 0 Å². The highest BCUT2D eigenvalue weighted by molar-refractivity contribution is 7.80. The summed E-state index contributed by atoms with van der Waals surface area (Å²) in [7, 11) is 1.62. The van der Waals surface area contributed by atoms with E-state index in [0.29, 0.717) is 28.1 Å². The van der Waals surface area contributed by atoms with Crippen molar-refractivity contribution in [3.63, 3.8) is 0 Å². The standard InChI is InChI=1S/C23H22ClNO2S/c1-26-22-15-18(23(28)25-14-13-17-7-3-2-4-8-17)11-12-21(22)27-16-19-9-5-6-10-20(19)24/h2-12,15H,13-14,16H2,1H3,(H,25,28). The number of thiocarbonyl (C=S) groups is 1. The SMILES string of the molecule is COc1cc(C(=S)NCCc2ccccc2)ccc1OCc1ccccc1Cl. The maximum Gasteiger partial charge on any atom is 0.161 e. The molecule has 28 heavy (non-hydrogen) atoms. The Balaban J connectivity index is 1.60. The highest BCUT2D eigenvalue weighted by atomic mass is 35.5. The molecular formula is C23H22ClNO2S. The van der Waals surface area contributed by atoms with Crippen LogP contribution in [0.2, 0.25) is 5.02 Å². The van der Waals surface area contributed by atoms with Crippen LogP contribution in [0.15, 0.2) is 72.8 Å². The van der Waals surface area contributed by atoms with Gasteiger partial charge in [0.2, 0.25) is 0 Å². The van der Waals surface area contributed by atoms with E-state index in [2.05, 4.69) is 17.4 Å². The minimum Gasteiger partial charge on any atom is -0.493 e. The van der Waals surface area contributed by atoms with Crippen LogP contribution >= 0.6 is 23.8 Å². The fourth-order valence-electron chi connectivity index (χ4n) is 2.77. The summed E-state index contributed by atoms with van der Waals surface area (Å²) in [5.41, 5.74) is 3.09. The summed E-state index contributed by atoms with van der Waals surface area (Å²) in [6.07, 6.45) is 0.914. The van der Waals surface area contributed by atoms with Gasteiger partial charge in [-0.05, 0) is 36.2 Å². The maximum atomic E-state index is 6.19. The quantitative estimate of drug-likeness (QED) is 0.500. The van der Waals surface area contributed by atoms with Gasteiger partial charge in [-0.2, -0.15) is 0 Å². The highest BCUT2D eigenvalue weighted by Gasteiger charge is 2.10. The molecule has 3 nitrogen and oxygen atoms in total. The van der Waals surface area contributed by atoms with E-state index in [1.807, 2.05) is 60.7 Å². The summed E-state index contributed by atoms with van der Waals surface area (Å²) < 4.78 is 11.4. The van der Waals surface area contributed by atoms with Gasteiger partial charge in [-0.3, -0.25) is 0 Å². The molecule has 3 aromatic rings. The Morgan fingerprint density at radius 2 is 1.71 bits per heavy atom. The summed E-state index contributed by atoms with van der Waals surface area (Å²) in [6.45, 7) is 1.14. The molecule has 0 unspecified atom stereocenters. The lowest BCUT2D eigenvalue weighted by Crippen LogP contribution is -2.24. The van der Waals surface area contributed by atoms with E-state index in [0.717, 1.165) is 24.1 Å². The topological polar surface area (TPSA) is 30.5 Å². The van der Waals surface area contributed by atoms with E-state index in [1.54, 1.807) is 7.11 Å². The van der Waals surface area contributed by atoms with E-state index < -0.39 is 0 Å². The van der Waals surface area contributed by atoms with Crippen molar-refractivity contribution in [1.29, 1.82) is 0 Å². The molecule has 3 aromatic carbocycles. The number of halogens is 1. The second kappa shape index (κ2) is 10.1. The largest absolute Gasteiger partial charge is 0.493 e. The molecule has 0 saturated heterocycles. The lowest BCUT2D eigenvalue weighted by atomic mass is 10.1. The number of methoxy groups -OCH3 is 1. The molecule has 0 spiro atoms. The third-order valence-electron chi connectivity index (χ3n) is 4.31.